The Morgan fingerprint density at radius 2 is 1.42 bits per heavy atom. The number of hydrogen-bond acceptors (Lipinski definition) is 4. The molecule has 0 radical (unpaired) electrons. The van der Waals surface area contributed by atoms with Gasteiger partial charge in [-0.3, -0.25) is 0 Å². The number of phenolic OH excluding ortho intramolecular Hbond substituents is 1. The van der Waals surface area contributed by atoms with E-state index in [1.165, 1.54) is 38.5 Å². The Labute approximate surface area is 268 Å². The number of pyridine rings is 1. The fourth-order valence-corrected chi connectivity index (χ4v) is 4.72. The van der Waals surface area contributed by atoms with Gasteiger partial charge in [-0.15, -0.1) is 23.2 Å². The van der Waals surface area contributed by atoms with E-state index in [1.54, 1.807) is 12.1 Å². The van der Waals surface area contributed by atoms with Gasteiger partial charge in [-0.2, -0.15) is 6.21 Å². The molecule has 5 rings (SSSR count). The van der Waals surface area contributed by atoms with Gasteiger partial charge in [0, 0.05) is 5.69 Å². The summed E-state index contributed by atoms with van der Waals surface area (Å²) in [5, 5.41) is 13.9. The number of aromatic nitrogens is 1. The minimum atomic E-state index is 0. The normalized spacial score (nSPS) is 15.2. The Hall–Kier alpha value is -2.28. The van der Waals surface area contributed by atoms with Crippen LogP contribution in [0, 0.1) is 12.0 Å². The van der Waals surface area contributed by atoms with Crippen LogP contribution in [0.4, 0.5) is 17.2 Å². The summed E-state index contributed by atoms with van der Waals surface area (Å²) in [7, 11) is 0. The molecule has 4 nitrogen and oxygen atoms in total. The number of aliphatic imine (C=N–C) groups is 1. The molecule has 1 aliphatic rings. The zero-order valence-electron chi connectivity index (χ0n) is 22.2. The molecule has 4 aromatic rings. The van der Waals surface area contributed by atoms with Crippen LogP contribution in [0.2, 0.25) is 0 Å². The Morgan fingerprint density at radius 1 is 0.816 bits per heavy atom. The summed E-state index contributed by atoms with van der Waals surface area (Å²) >= 11 is 0. The maximum absolute atomic E-state index is 9.45. The summed E-state index contributed by atoms with van der Waals surface area (Å²) < 4.78 is 0. The van der Waals surface area contributed by atoms with Crippen molar-refractivity contribution in [2.45, 2.75) is 51.4 Å². The first-order chi connectivity index (χ1) is 18.2. The van der Waals surface area contributed by atoms with Gasteiger partial charge in [-0.25, -0.2) is 6.07 Å². The molecule has 0 amide bonds. The number of fused-ring (bicyclic) bond motifs is 1. The summed E-state index contributed by atoms with van der Waals surface area (Å²) in [4.78, 5) is 9.68. The molecule has 1 fully saturated rings. The topological polar surface area (TPSA) is 57.5 Å². The standard InChI is InChI=1S/C33H33N3O.K/c37-30-21-17-26(18-22-30)14-13-25-15-19-29(20-16-25)35-33-32(23-28-11-7-8-12-31(28)36-33)34-24-27-9-5-3-1-2-4-6-10-27;/h7-8,11-22,27,37H,1-6,9-10H2,(H,35,36);/q-2;+1/b14-13+;. The Bertz CT molecular complexity index is 1350. The molecule has 3 aromatic carbocycles. The smallest absolute Gasteiger partial charge is 0.508 e. The van der Waals surface area contributed by atoms with E-state index in [0.29, 0.717) is 17.4 Å². The number of nitrogens with one attached hydrogen (secondary N) is 1. The first kappa shape index (κ1) is 28.7. The van der Waals surface area contributed by atoms with Crippen molar-refractivity contribution in [3.05, 3.63) is 90.0 Å². The zero-order valence-corrected chi connectivity index (χ0v) is 25.3. The van der Waals surface area contributed by atoms with E-state index in [9.17, 15) is 5.11 Å². The third kappa shape index (κ3) is 8.36. The van der Waals surface area contributed by atoms with Crippen LogP contribution in [0.15, 0.2) is 77.8 Å². The molecule has 188 valence electrons. The number of anilines is 2. The molecule has 0 saturated heterocycles. The minimum absolute atomic E-state index is 0. The fraction of sp³-hybridized carbons (Fsp3) is 0.273. The molecule has 1 aromatic heterocycles. The van der Waals surface area contributed by atoms with Crippen molar-refractivity contribution in [3.63, 3.8) is 0 Å². The van der Waals surface area contributed by atoms with E-state index in [2.05, 4.69) is 35.8 Å². The van der Waals surface area contributed by atoms with E-state index in [4.69, 9.17) is 9.98 Å². The minimum Gasteiger partial charge on any atom is -0.508 e. The van der Waals surface area contributed by atoms with Crippen LogP contribution in [0.25, 0.3) is 23.1 Å². The molecule has 0 aliphatic heterocycles. The van der Waals surface area contributed by atoms with Crippen molar-refractivity contribution in [2.24, 2.45) is 10.9 Å². The van der Waals surface area contributed by atoms with Gasteiger partial charge in [0.15, 0.2) is 0 Å². The van der Waals surface area contributed by atoms with Crippen LogP contribution in [-0.4, -0.2) is 16.3 Å². The van der Waals surface area contributed by atoms with Crippen LogP contribution < -0.4 is 56.7 Å². The SMILES string of the molecule is Oc1ccc(/C=C/c2ccc(Nc3nc4ccccc4[c-]c3N=[C-]C3CCCCCCCC3)cc2)cc1.[K+]. The second kappa shape index (κ2) is 14.8. The number of phenols is 1. The Morgan fingerprint density at radius 3 is 2.11 bits per heavy atom. The van der Waals surface area contributed by atoms with Crippen molar-refractivity contribution in [1.29, 1.82) is 0 Å². The van der Waals surface area contributed by atoms with Gasteiger partial charge in [0.2, 0.25) is 0 Å². The zero-order chi connectivity index (χ0) is 25.3. The van der Waals surface area contributed by atoms with Crippen LogP contribution in [0.1, 0.15) is 62.5 Å². The summed E-state index contributed by atoms with van der Waals surface area (Å²) in [6.07, 6.45) is 17.7. The first-order valence-electron chi connectivity index (χ1n) is 13.4. The van der Waals surface area contributed by atoms with Crippen molar-refractivity contribution < 1.29 is 56.5 Å². The Balaban J connectivity index is 0.00000336. The number of benzene rings is 3. The molecule has 0 atom stereocenters. The number of rotatable bonds is 6. The van der Waals surface area contributed by atoms with Gasteiger partial charge in [-0.1, -0.05) is 106 Å². The molecule has 0 bridgehead atoms. The van der Waals surface area contributed by atoms with Gasteiger partial charge in [0.1, 0.15) is 5.75 Å². The predicted octanol–water partition coefficient (Wildman–Crippen LogP) is 5.99. The molecule has 1 saturated carbocycles. The van der Waals surface area contributed by atoms with Crippen molar-refractivity contribution in [2.75, 3.05) is 5.32 Å². The molecular weight excluding hydrogens is 493 g/mol. The number of hydrogen-bond donors (Lipinski definition) is 2. The van der Waals surface area contributed by atoms with Gasteiger partial charge in [0.25, 0.3) is 0 Å². The van der Waals surface area contributed by atoms with Crippen LogP contribution in [0.3, 0.4) is 0 Å². The van der Waals surface area contributed by atoms with E-state index in [-0.39, 0.29) is 57.1 Å². The average molecular weight is 527 g/mol. The van der Waals surface area contributed by atoms with Crippen LogP contribution >= 0.6 is 0 Å². The summed E-state index contributed by atoms with van der Waals surface area (Å²) in [5.74, 6) is 1.36. The second-order valence-corrected chi connectivity index (χ2v) is 9.76. The molecule has 5 heteroatoms. The van der Waals surface area contributed by atoms with E-state index in [1.807, 2.05) is 54.6 Å². The quantitative estimate of drug-likeness (QED) is 0.140. The monoisotopic (exact) mass is 526 g/mol. The maximum atomic E-state index is 9.45. The predicted molar refractivity (Wildman–Crippen MR) is 155 cm³/mol. The third-order valence-electron chi connectivity index (χ3n) is 6.86. The van der Waals surface area contributed by atoms with Crippen LogP contribution in [-0.2, 0) is 0 Å². The van der Waals surface area contributed by atoms with Crippen molar-refractivity contribution in [3.8, 4) is 5.75 Å². The molecule has 2 N–H and O–H groups in total. The van der Waals surface area contributed by atoms with Crippen molar-refractivity contribution in [1.82, 2.24) is 4.98 Å². The summed E-state index contributed by atoms with van der Waals surface area (Å²) in [5.41, 5.74) is 4.66. The molecule has 1 heterocycles. The average Bonchev–Trinajstić information content (AvgIpc) is 3.06. The summed E-state index contributed by atoms with van der Waals surface area (Å²) in [6, 6.07) is 26.9. The molecular formula is C33H33KN3O-. The van der Waals surface area contributed by atoms with Crippen LogP contribution in [0.5, 0.6) is 5.75 Å². The number of nitrogens with zero attached hydrogens (tertiary/aromatic N) is 2. The fourth-order valence-electron chi connectivity index (χ4n) is 4.72. The largest absolute Gasteiger partial charge is 1.00 e. The van der Waals surface area contributed by atoms with Gasteiger partial charge in [-0.05, 0) is 46.7 Å². The van der Waals surface area contributed by atoms with Gasteiger partial charge < -0.3 is 20.4 Å². The molecule has 0 unspecified atom stereocenters. The van der Waals surface area contributed by atoms with Gasteiger partial charge >= 0.3 is 51.4 Å². The Kier molecular flexibility index (Phi) is 11.2. The number of para-hydroxylation sites is 1. The van der Waals surface area contributed by atoms with E-state index < -0.39 is 0 Å². The second-order valence-electron chi connectivity index (χ2n) is 9.76. The molecule has 1 aliphatic carbocycles. The van der Waals surface area contributed by atoms with Gasteiger partial charge in [0.05, 0.1) is 0 Å². The third-order valence-corrected chi connectivity index (χ3v) is 6.86. The first-order valence-corrected chi connectivity index (χ1v) is 13.4. The van der Waals surface area contributed by atoms with E-state index >= 15 is 0 Å². The summed E-state index contributed by atoms with van der Waals surface area (Å²) in [6.45, 7) is 0. The molecule has 38 heavy (non-hydrogen) atoms. The molecule has 0 spiro atoms. The van der Waals surface area contributed by atoms with Crippen molar-refractivity contribution >= 4 is 46.5 Å². The van der Waals surface area contributed by atoms with E-state index in [0.717, 1.165) is 40.6 Å². The number of aromatic hydroxyl groups is 1. The maximum Gasteiger partial charge on any atom is 1.00 e.